The molecular formula is C27H43N5O5. The fraction of sp³-hybridized carbons (Fsp3) is 0.667. The standard InChI is InChI=1S/C27H43N5O5/c1-18(2)24(30-25(33)19(3)28-4)26(34)32-14-13-31(15-16-36-5)17-23(32)37-27(35)29-22-12-8-10-20-9-6-7-11-21(20)22/h6-7,9,11,18-19,22-24,28H,8,10,12-17H2,1-5H3,(H,29,35)(H,30,33)/t19-,22?,23-,24-/m0/s1. The number of rotatable bonds is 10. The van der Waals surface area contributed by atoms with E-state index in [9.17, 15) is 14.4 Å². The average molecular weight is 518 g/mol. The number of piperazine rings is 1. The molecule has 1 fully saturated rings. The topological polar surface area (TPSA) is 112 Å². The van der Waals surface area contributed by atoms with E-state index in [0.717, 1.165) is 24.8 Å². The fourth-order valence-electron chi connectivity index (χ4n) is 4.89. The molecule has 0 saturated carbocycles. The molecule has 37 heavy (non-hydrogen) atoms. The smallest absolute Gasteiger partial charge is 0.409 e. The minimum Gasteiger partial charge on any atom is -0.424 e. The van der Waals surface area contributed by atoms with E-state index in [0.29, 0.717) is 32.8 Å². The van der Waals surface area contributed by atoms with Gasteiger partial charge in [0.1, 0.15) is 6.04 Å². The van der Waals surface area contributed by atoms with Crippen LogP contribution in [0.25, 0.3) is 0 Å². The molecule has 1 unspecified atom stereocenters. The zero-order chi connectivity index (χ0) is 26.9. The third kappa shape index (κ3) is 7.66. The molecule has 3 amide bonds. The van der Waals surface area contributed by atoms with Gasteiger partial charge in [-0.25, -0.2) is 4.79 Å². The Morgan fingerprint density at radius 1 is 1.14 bits per heavy atom. The van der Waals surface area contributed by atoms with E-state index in [1.165, 1.54) is 5.56 Å². The highest BCUT2D eigenvalue weighted by Gasteiger charge is 2.38. The highest BCUT2D eigenvalue weighted by molar-refractivity contribution is 5.90. The van der Waals surface area contributed by atoms with Crippen molar-refractivity contribution >= 4 is 17.9 Å². The first-order valence-electron chi connectivity index (χ1n) is 13.3. The van der Waals surface area contributed by atoms with Gasteiger partial charge in [-0.1, -0.05) is 38.1 Å². The van der Waals surface area contributed by atoms with Gasteiger partial charge in [-0.15, -0.1) is 0 Å². The molecule has 206 valence electrons. The molecule has 1 saturated heterocycles. The minimum atomic E-state index is -0.781. The number of alkyl carbamates (subject to hydrolysis) is 1. The molecule has 10 heteroatoms. The van der Waals surface area contributed by atoms with Gasteiger partial charge in [-0.2, -0.15) is 0 Å². The van der Waals surface area contributed by atoms with E-state index in [-0.39, 0.29) is 23.8 Å². The maximum Gasteiger partial charge on any atom is 0.409 e. The Hall–Kier alpha value is -2.69. The second kappa shape index (κ2) is 13.7. The zero-order valence-electron chi connectivity index (χ0n) is 22.8. The van der Waals surface area contributed by atoms with Crippen LogP contribution in [0.1, 0.15) is 50.8 Å². The molecular weight excluding hydrogens is 474 g/mol. The molecule has 3 rings (SSSR count). The number of amides is 3. The van der Waals surface area contributed by atoms with Crippen LogP contribution in [0, 0.1) is 5.92 Å². The molecule has 0 bridgehead atoms. The number of ether oxygens (including phenoxy) is 2. The van der Waals surface area contributed by atoms with Crippen molar-refractivity contribution in [2.24, 2.45) is 5.92 Å². The van der Waals surface area contributed by atoms with Crippen molar-refractivity contribution in [2.45, 2.75) is 64.4 Å². The van der Waals surface area contributed by atoms with E-state index in [2.05, 4.69) is 26.9 Å². The van der Waals surface area contributed by atoms with Gasteiger partial charge in [0.2, 0.25) is 11.8 Å². The van der Waals surface area contributed by atoms with Crippen molar-refractivity contribution in [1.82, 2.24) is 25.8 Å². The average Bonchev–Trinajstić information content (AvgIpc) is 2.89. The molecule has 1 aliphatic heterocycles. The monoisotopic (exact) mass is 517 g/mol. The second-order valence-electron chi connectivity index (χ2n) is 10.2. The Morgan fingerprint density at radius 2 is 1.89 bits per heavy atom. The van der Waals surface area contributed by atoms with Crippen molar-refractivity contribution in [3.8, 4) is 0 Å². The van der Waals surface area contributed by atoms with E-state index < -0.39 is 24.4 Å². The highest BCUT2D eigenvalue weighted by atomic mass is 16.6. The van der Waals surface area contributed by atoms with Gasteiger partial charge < -0.3 is 30.3 Å². The quantitative estimate of drug-likeness (QED) is 0.433. The molecule has 10 nitrogen and oxygen atoms in total. The lowest BCUT2D eigenvalue weighted by Gasteiger charge is -2.42. The van der Waals surface area contributed by atoms with E-state index in [1.54, 1.807) is 26.0 Å². The second-order valence-corrected chi connectivity index (χ2v) is 10.2. The van der Waals surface area contributed by atoms with Crippen LogP contribution in [0.3, 0.4) is 0 Å². The van der Waals surface area contributed by atoms with Crippen molar-refractivity contribution in [1.29, 1.82) is 0 Å². The van der Waals surface area contributed by atoms with Gasteiger partial charge in [-0.3, -0.25) is 14.5 Å². The number of fused-ring (bicyclic) bond motifs is 1. The number of methoxy groups -OCH3 is 1. The van der Waals surface area contributed by atoms with Gasteiger partial charge in [0, 0.05) is 26.7 Å². The first kappa shape index (κ1) is 28.9. The molecule has 1 aromatic rings. The summed E-state index contributed by atoms with van der Waals surface area (Å²) in [6, 6.07) is 6.85. The summed E-state index contributed by atoms with van der Waals surface area (Å²) in [5.74, 6) is -0.640. The van der Waals surface area contributed by atoms with Crippen LogP contribution in [-0.4, -0.2) is 93.0 Å². The van der Waals surface area contributed by atoms with Crippen molar-refractivity contribution in [2.75, 3.05) is 46.9 Å². The number of carbonyl (C=O) groups is 3. The number of carbonyl (C=O) groups excluding carboxylic acids is 3. The summed E-state index contributed by atoms with van der Waals surface area (Å²) in [6.45, 7) is 8.11. The van der Waals surface area contributed by atoms with Crippen molar-refractivity contribution in [3.63, 3.8) is 0 Å². The molecule has 4 atom stereocenters. The number of benzene rings is 1. The van der Waals surface area contributed by atoms with Gasteiger partial charge in [0.15, 0.2) is 6.23 Å². The number of nitrogens with zero attached hydrogens (tertiary/aromatic N) is 2. The largest absolute Gasteiger partial charge is 0.424 e. The van der Waals surface area contributed by atoms with Gasteiger partial charge in [0.05, 0.1) is 25.2 Å². The summed E-state index contributed by atoms with van der Waals surface area (Å²) >= 11 is 0. The molecule has 0 spiro atoms. The summed E-state index contributed by atoms with van der Waals surface area (Å²) < 4.78 is 11.1. The molecule has 1 aromatic carbocycles. The normalized spacial score (nSPS) is 21.6. The lowest BCUT2D eigenvalue weighted by atomic mass is 9.88. The number of hydrogen-bond acceptors (Lipinski definition) is 7. The van der Waals surface area contributed by atoms with Crippen LogP contribution in [-0.2, 0) is 25.5 Å². The Kier molecular flexibility index (Phi) is 10.7. The summed E-state index contributed by atoms with van der Waals surface area (Å²) in [5, 5.41) is 8.80. The van der Waals surface area contributed by atoms with E-state index in [4.69, 9.17) is 9.47 Å². The maximum absolute atomic E-state index is 13.7. The SMILES string of the molecule is CN[C@@H](C)C(=O)N[C@H](C(=O)N1CCN(CCOC)C[C@@H]1OC(=O)NC1CCCc2ccccc21)C(C)C. The van der Waals surface area contributed by atoms with Crippen molar-refractivity contribution < 1.29 is 23.9 Å². The number of hydrogen-bond donors (Lipinski definition) is 3. The third-order valence-electron chi connectivity index (χ3n) is 7.28. The van der Waals surface area contributed by atoms with E-state index >= 15 is 0 Å². The summed E-state index contributed by atoms with van der Waals surface area (Å²) in [5.41, 5.74) is 2.36. The molecule has 2 aliphatic rings. The summed E-state index contributed by atoms with van der Waals surface area (Å²) in [7, 11) is 3.34. The molecule has 3 N–H and O–H groups in total. The Labute approximate surface area is 220 Å². The first-order chi connectivity index (χ1) is 17.7. The first-order valence-corrected chi connectivity index (χ1v) is 13.3. The fourth-order valence-corrected chi connectivity index (χ4v) is 4.89. The Morgan fingerprint density at radius 3 is 2.59 bits per heavy atom. The van der Waals surface area contributed by atoms with E-state index in [1.807, 2.05) is 32.0 Å². The number of aryl methyl sites for hydroxylation is 1. The van der Waals surface area contributed by atoms with Crippen LogP contribution in [0.2, 0.25) is 0 Å². The van der Waals surface area contributed by atoms with Crippen LogP contribution >= 0.6 is 0 Å². The lowest BCUT2D eigenvalue weighted by Crippen LogP contribution is -2.63. The Bertz CT molecular complexity index is 926. The zero-order valence-corrected chi connectivity index (χ0v) is 22.8. The number of nitrogens with one attached hydrogen (secondary N) is 3. The summed E-state index contributed by atoms with van der Waals surface area (Å²) in [6.07, 6.45) is 1.49. The van der Waals surface area contributed by atoms with Crippen LogP contribution < -0.4 is 16.0 Å². The van der Waals surface area contributed by atoms with Crippen molar-refractivity contribution in [3.05, 3.63) is 35.4 Å². The Balaban J connectivity index is 1.74. The maximum atomic E-state index is 13.7. The number of likely N-dealkylation sites (N-methyl/N-ethyl adjacent to an activating group) is 1. The molecule has 1 heterocycles. The molecule has 0 aromatic heterocycles. The van der Waals surface area contributed by atoms with Crippen LogP contribution in [0.4, 0.5) is 4.79 Å². The molecule has 0 radical (unpaired) electrons. The highest BCUT2D eigenvalue weighted by Crippen LogP contribution is 2.29. The molecule has 1 aliphatic carbocycles. The van der Waals surface area contributed by atoms with Gasteiger partial charge in [-0.05, 0) is 50.3 Å². The van der Waals surface area contributed by atoms with Crippen LogP contribution in [0.5, 0.6) is 0 Å². The lowest BCUT2D eigenvalue weighted by molar-refractivity contribution is -0.153. The van der Waals surface area contributed by atoms with Gasteiger partial charge >= 0.3 is 6.09 Å². The minimum absolute atomic E-state index is 0.125. The predicted molar refractivity (Wildman–Crippen MR) is 141 cm³/mol. The summed E-state index contributed by atoms with van der Waals surface area (Å²) in [4.78, 5) is 43.1. The van der Waals surface area contributed by atoms with Crippen LogP contribution in [0.15, 0.2) is 24.3 Å². The third-order valence-corrected chi connectivity index (χ3v) is 7.28. The predicted octanol–water partition coefficient (Wildman–Crippen LogP) is 1.66. The van der Waals surface area contributed by atoms with Gasteiger partial charge in [0.25, 0.3) is 0 Å².